The van der Waals surface area contributed by atoms with E-state index < -0.39 is 0 Å². The van der Waals surface area contributed by atoms with Crippen molar-refractivity contribution in [1.82, 2.24) is 15.5 Å². The quantitative estimate of drug-likeness (QED) is 0.617. The summed E-state index contributed by atoms with van der Waals surface area (Å²) in [6.45, 7) is 10.6. The maximum atomic E-state index is 12.2. The SMILES string of the molecule is COCCNC(=O)C(C)N(CC(C)C)CC1CCCN1. The summed E-state index contributed by atoms with van der Waals surface area (Å²) < 4.78 is 4.97. The molecule has 0 spiro atoms. The van der Waals surface area contributed by atoms with Crippen LogP contribution in [-0.2, 0) is 9.53 Å². The molecule has 0 bridgehead atoms. The van der Waals surface area contributed by atoms with Gasteiger partial charge in [-0.2, -0.15) is 0 Å². The number of nitrogens with one attached hydrogen (secondary N) is 2. The van der Waals surface area contributed by atoms with E-state index in [1.165, 1.54) is 12.8 Å². The lowest BCUT2D eigenvalue weighted by atomic mass is 10.1. The van der Waals surface area contributed by atoms with Crippen molar-refractivity contribution < 1.29 is 9.53 Å². The lowest BCUT2D eigenvalue weighted by molar-refractivity contribution is -0.126. The van der Waals surface area contributed by atoms with Crippen LogP contribution in [0.25, 0.3) is 0 Å². The van der Waals surface area contributed by atoms with Crippen LogP contribution in [0, 0.1) is 5.92 Å². The van der Waals surface area contributed by atoms with Gasteiger partial charge in [-0.3, -0.25) is 9.69 Å². The molecule has 2 unspecified atom stereocenters. The maximum absolute atomic E-state index is 12.2. The smallest absolute Gasteiger partial charge is 0.237 e. The van der Waals surface area contributed by atoms with E-state index in [2.05, 4.69) is 29.4 Å². The first-order valence-corrected chi connectivity index (χ1v) is 7.78. The number of methoxy groups -OCH3 is 1. The average Bonchev–Trinajstić information content (AvgIpc) is 2.89. The van der Waals surface area contributed by atoms with Crippen molar-refractivity contribution in [3.05, 3.63) is 0 Å². The van der Waals surface area contributed by atoms with Crippen molar-refractivity contribution in [2.45, 2.75) is 45.7 Å². The summed E-state index contributed by atoms with van der Waals surface area (Å²) in [5, 5.41) is 6.45. The second kappa shape index (κ2) is 9.32. The van der Waals surface area contributed by atoms with Crippen molar-refractivity contribution >= 4 is 5.91 Å². The number of amides is 1. The van der Waals surface area contributed by atoms with Gasteiger partial charge in [0.15, 0.2) is 0 Å². The number of ether oxygens (including phenoxy) is 1. The van der Waals surface area contributed by atoms with Gasteiger partial charge in [-0.1, -0.05) is 13.8 Å². The summed E-state index contributed by atoms with van der Waals surface area (Å²) in [5.41, 5.74) is 0. The fraction of sp³-hybridized carbons (Fsp3) is 0.933. The molecule has 0 aliphatic carbocycles. The van der Waals surface area contributed by atoms with Gasteiger partial charge in [0.1, 0.15) is 0 Å². The molecular formula is C15H31N3O2. The van der Waals surface area contributed by atoms with E-state index in [4.69, 9.17) is 4.74 Å². The molecule has 1 amide bonds. The molecule has 1 rings (SSSR count). The molecule has 5 heteroatoms. The Morgan fingerprint density at radius 1 is 1.45 bits per heavy atom. The van der Waals surface area contributed by atoms with Gasteiger partial charge in [0.2, 0.25) is 5.91 Å². The summed E-state index contributed by atoms with van der Waals surface area (Å²) in [6.07, 6.45) is 2.46. The molecule has 0 saturated carbocycles. The molecule has 0 aromatic heterocycles. The van der Waals surface area contributed by atoms with E-state index in [9.17, 15) is 4.79 Å². The number of rotatable bonds is 9. The molecule has 1 saturated heterocycles. The number of hydrogen-bond donors (Lipinski definition) is 2. The average molecular weight is 285 g/mol. The van der Waals surface area contributed by atoms with Gasteiger partial charge in [-0.15, -0.1) is 0 Å². The highest BCUT2D eigenvalue weighted by Crippen LogP contribution is 2.11. The van der Waals surface area contributed by atoms with Crippen LogP contribution in [0.5, 0.6) is 0 Å². The predicted octanol–water partition coefficient (Wildman–Crippen LogP) is 0.848. The summed E-state index contributed by atoms with van der Waals surface area (Å²) >= 11 is 0. The van der Waals surface area contributed by atoms with Gasteiger partial charge >= 0.3 is 0 Å². The maximum Gasteiger partial charge on any atom is 0.237 e. The molecule has 1 aliphatic heterocycles. The number of carbonyl (C=O) groups is 1. The Bertz CT molecular complexity index is 278. The van der Waals surface area contributed by atoms with E-state index in [0.29, 0.717) is 25.1 Å². The molecule has 2 N–H and O–H groups in total. The molecular weight excluding hydrogens is 254 g/mol. The standard InChI is InChI=1S/C15H31N3O2/c1-12(2)10-18(11-14-6-5-7-16-14)13(3)15(19)17-8-9-20-4/h12-14,16H,5-11H2,1-4H3,(H,17,19). The number of nitrogens with zero attached hydrogens (tertiary/aromatic N) is 1. The molecule has 1 heterocycles. The Labute approximate surface area is 123 Å². The van der Waals surface area contributed by atoms with E-state index in [1.807, 2.05) is 6.92 Å². The third kappa shape index (κ3) is 6.20. The van der Waals surface area contributed by atoms with Crippen LogP contribution in [0.4, 0.5) is 0 Å². The van der Waals surface area contributed by atoms with E-state index in [1.54, 1.807) is 7.11 Å². The van der Waals surface area contributed by atoms with Gasteiger partial charge in [-0.05, 0) is 32.2 Å². The first-order chi connectivity index (χ1) is 9.54. The minimum atomic E-state index is -0.0864. The highest BCUT2D eigenvalue weighted by molar-refractivity contribution is 5.81. The predicted molar refractivity (Wildman–Crippen MR) is 81.8 cm³/mol. The number of carbonyl (C=O) groups excluding carboxylic acids is 1. The van der Waals surface area contributed by atoms with Crippen LogP contribution in [0.1, 0.15) is 33.6 Å². The number of hydrogen-bond acceptors (Lipinski definition) is 4. The van der Waals surface area contributed by atoms with Crippen LogP contribution in [0.15, 0.2) is 0 Å². The van der Waals surface area contributed by atoms with Gasteiger partial charge in [0.05, 0.1) is 12.6 Å². The fourth-order valence-corrected chi connectivity index (χ4v) is 2.65. The molecule has 0 aromatic carbocycles. The first kappa shape index (κ1) is 17.4. The normalized spacial score (nSPS) is 20.6. The second-order valence-corrected chi connectivity index (χ2v) is 6.10. The van der Waals surface area contributed by atoms with E-state index in [0.717, 1.165) is 19.6 Å². The third-order valence-corrected chi connectivity index (χ3v) is 3.75. The lowest BCUT2D eigenvalue weighted by Gasteiger charge is -2.32. The first-order valence-electron chi connectivity index (χ1n) is 7.78. The Morgan fingerprint density at radius 3 is 2.75 bits per heavy atom. The topological polar surface area (TPSA) is 53.6 Å². The fourth-order valence-electron chi connectivity index (χ4n) is 2.65. The highest BCUT2D eigenvalue weighted by Gasteiger charge is 2.25. The largest absolute Gasteiger partial charge is 0.383 e. The minimum Gasteiger partial charge on any atom is -0.383 e. The lowest BCUT2D eigenvalue weighted by Crippen LogP contribution is -2.50. The Morgan fingerprint density at radius 2 is 2.20 bits per heavy atom. The van der Waals surface area contributed by atoms with Crippen molar-refractivity contribution in [3.8, 4) is 0 Å². The van der Waals surface area contributed by atoms with Gasteiger partial charge < -0.3 is 15.4 Å². The van der Waals surface area contributed by atoms with E-state index >= 15 is 0 Å². The van der Waals surface area contributed by atoms with Crippen LogP contribution < -0.4 is 10.6 Å². The Hall–Kier alpha value is -0.650. The van der Waals surface area contributed by atoms with E-state index in [-0.39, 0.29) is 11.9 Å². The van der Waals surface area contributed by atoms with Gasteiger partial charge in [0.25, 0.3) is 0 Å². The van der Waals surface area contributed by atoms with Gasteiger partial charge in [-0.25, -0.2) is 0 Å². The molecule has 2 atom stereocenters. The summed E-state index contributed by atoms with van der Waals surface area (Å²) in [5.74, 6) is 0.659. The molecule has 20 heavy (non-hydrogen) atoms. The third-order valence-electron chi connectivity index (χ3n) is 3.75. The summed E-state index contributed by atoms with van der Waals surface area (Å²) in [7, 11) is 1.65. The molecule has 0 aromatic rings. The second-order valence-electron chi connectivity index (χ2n) is 6.10. The summed E-state index contributed by atoms with van der Waals surface area (Å²) in [4.78, 5) is 14.5. The summed E-state index contributed by atoms with van der Waals surface area (Å²) in [6, 6.07) is 0.444. The van der Waals surface area contributed by atoms with Crippen LogP contribution >= 0.6 is 0 Å². The zero-order valence-electron chi connectivity index (χ0n) is 13.4. The van der Waals surface area contributed by atoms with Crippen molar-refractivity contribution in [2.75, 3.05) is 39.9 Å². The van der Waals surface area contributed by atoms with Crippen molar-refractivity contribution in [1.29, 1.82) is 0 Å². The zero-order valence-corrected chi connectivity index (χ0v) is 13.4. The van der Waals surface area contributed by atoms with Crippen LogP contribution in [0.3, 0.4) is 0 Å². The molecule has 1 fully saturated rings. The molecule has 118 valence electrons. The molecule has 0 radical (unpaired) electrons. The molecule has 1 aliphatic rings. The highest BCUT2D eigenvalue weighted by atomic mass is 16.5. The van der Waals surface area contributed by atoms with Gasteiger partial charge in [0, 0.05) is 32.8 Å². The van der Waals surface area contributed by atoms with Crippen molar-refractivity contribution in [3.63, 3.8) is 0 Å². The zero-order chi connectivity index (χ0) is 15.0. The Balaban J connectivity index is 2.48. The Kier molecular flexibility index (Phi) is 8.11. The molecule has 5 nitrogen and oxygen atoms in total. The van der Waals surface area contributed by atoms with Crippen LogP contribution in [-0.4, -0.2) is 62.8 Å². The van der Waals surface area contributed by atoms with Crippen molar-refractivity contribution in [2.24, 2.45) is 5.92 Å². The minimum absolute atomic E-state index is 0.0864. The van der Waals surface area contributed by atoms with Crippen LogP contribution in [0.2, 0.25) is 0 Å². The monoisotopic (exact) mass is 285 g/mol.